The molecular formula is C13H24N4OS. The van der Waals surface area contributed by atoms with Crippen molar-refractivity contribution in [2.75, 3.05) is 29.6 Å². The van der Waals surface area contributed by atoms with Gasteiger partial charge in [0, 0.05) is 6.54 Å². The van der Waals surface area contributed by atoms with Crippen LogP contribution in [-0.2, 0) is 0 Å². The minimum Gasteiger partial charge on any atom is -0.473 e. The number of ether oxygens (including phenoxy) is 1. The molecule has 0 spiro atoms. The first-order valence-electron chi connectivity index (χ1n) is 6.65. The molecule has 0 unspecified atom stereocenters. The van der Waals surface area contributed by atoms with E-state index in [0.29, 0.717) is 17.4 Å². The number of rotatable bonds is 9. The average Bonchev–Trinajstić information content (AvgIpc) is 2.37. The van der Waals surface area contributed by atoms with E-state index in [9.17, 15) is 0 Å². The molecule has 1 aromatic rings. The van der Waals surface area contributed by atoms with Gasteiger partial charge >= 0.3 is 0 Å². The lowest BCUT2D eigenvalue weighted by molar-refractivity contribution is 0.234. The van der Waals surface area contributed by atoms with Crippen molar-refractivity contribution in [1.82, 2.24) is 9.97 Å². The van der Waals surface area contributed by atoms with Crippen molar-refractivity contribution in [3.63, 3.8) is 0 Å². The van der Waals surface area contributed by atoms with E-state index in [0.717, 1.165) is 13.0 Å². The first-order valence-corrected chi connectivity index (χ1v) is 8.04. The zero-order valence-corrected chi connectivity index (χ0v) is 12.8. The van der Waals surface area contributed by atoms with Gasteiger partial charge in [0.1, 0.15) is 12.0 Å². The summed E-state index contributed by atoms with van der Waals surface area (Å²) in [5.74, 6) is 2.34. The molecular weight excluding hydrogens is 260 g/mol. The van der Waals surface area contributed by atoms with Crippen LogP contribution in [0.15, 0.2) is 6.33 Å². The summed E-state index contributed by atoms with van der Waals surface area (Å²) in [6, 6.07) is 0. The summed E-state index contributed by atoms with van der Waals surface area (Å²) in [5.41, 5.74) is 6.46. The van der Waals surface area contributed by atoms with E-state index in [4.69, 9.17) is 10.5 Å². The van der Waals surface area contributed by atoms with Crippen molar-refractivity contribution in [3.05, 3.63) is 6.33 Å². The highest BCUT2D eigenvalue weighted by atomic mass is 32.2. The van der Waals surface area contributed by atoms with E-state index in [-0.39, 0.29) is 6.10 Å². The van der Waals surface area contributed by atoms with Crippen LogP contribution in [-0.4, -0.2) is 34.6 Å². The topological polar surface area (TPSA) is 73.1 Å². The monoisotopic (exact) mass is 284 g/mol. The number of hydrogen-bond donors (Lipinski definition) is 2. The number of thioether (sulfide) groups is 1. The van der Waals surface area contributed by atoms with Gasteiger partial charge < -0.3 is 15.8 Å². The number of unbranched alkanes of at least 4 members (excludes halogenated alkanes) is 2. The lowest BCUT2D eigenvalue weighted by atomic mass is 10.2. The third kappa shape index (κ3) is 6.00. The third-order valence-corrected chi connectivity index (χ3v) is 3.21. The van der Waals surface area contributed by atoms with Crippen molar-refractivity contribution in [2.24, 2.45) is 0 Å². The highest BCUT2D eigenvalue weighted by Crippen LogP contribution is 2.25. The van der Waals surface area contributed by atoms with Gasteiger partial charge in [-0.3, -0.25) is 0 Å². The van der Waals surface area contributed by atoms with Gasteiger partial charge in [-0.2, -0.15) is 16.7 Å². The largest absolute Gasteiger partial charge is 0.473 e. The summed E-state index contributed by atoms with van der Waals surface area (Å²) in [6.45, 7) is 4.76. The Kier molecular flexibility index (Phi) is 7.40. The van der Waals surface area contributed by atoms with Crippen molar-refractivity contribution in [2.45, 2.75) is 39.2 Å². The van der Waals surface area contributed by atoms with E-state index in [1.54, 1.807) is 0 Å². The van der Waals surface area contributed by atoms with Gasteiger partial charge in [0.2, 0.25) is 5.88 Å². The first kappa shape index (κ1) is 15.9. The van der Waals surface area contributed by atoms with Gasteiger partial charge in [0.05, 0.1) is 6.10 Å². The Balaban J connectivity index is 2.41. The average molecular weight is 284 g/mol. The fraction of sp³-hybridized carbons (Fsp3) is 0.692. The summed E-state index contributed by atoms with van der Waals surface area (Å²) in [6.07, 6.45) is 7.25. The summed E-state index contributed by atoms with van der Waals surface area (Å²) in [4.78, 5) is 8.20. The molecule has 0 amide bonds. The number of nitrogens with zero attached hydrogens (tertiary/aromatic N) is 2. The van der Waals surface area contributed by atoms with Gasteiger partial charge in [-0.05, 0) is 38.7 Å². The van der Waals surface area contributed by atoms with Crippen LogP contribution in [0.3, 0.4) is 0 Å². The Morgan fingerprint density at radius 3 is 2.79 bits per heavy atom. The molecule has 6 heteroatoms. The fourth-order valence-corrected chi connectivity index (χ4v) is 2.09. The summed E-state index contributed by atoms with van der Waals surface area (Å²) < 4.78 is 5.53. The predicted octanol–water partition coefficient (Wildman–Crippen LogP) is 2.79. The molecule has 1 rings (SSSR count). The summed E-state index contributed by atoms with van der Waals surface area (Å²) in [5, 5.41) is 3.24. The van der Waals surface area contributed by atoms with Crippen molar-refractivity contribution in [1.29, 1.82) is 0 Å². The van der Waals surface area contributed by atoms with Crippen LogP contribution in [0.5, 0.6) is 5.88 Å². The van der Waals surface area contributed by atoms with E-state index in [1.807, 2.05) is 25.6 Å². The zero-order chi connectivity index (χ0) is 14.1. The van der Waals surface area contributed by atoms with Gasteiger partial charge in [-0.1, -0.05) is 6.42 Å². The van der Waals surface area contributed by atoms with Crippen LogP contribution < -0.4 is 15.8 Å². The van der Waals surface area contributed by atoms with Gasteiger partial charge in [-0.15, -0.1) is 0 Å². The molecule has 0 aliphatic rings. The molecule has 0 bridgehead atoms. The third-order valence-electron chi connectivity index (χ3n) is 2.51. The molecule has 0 atom stereocenters. The van der Waals surface area contributed by atoms with Crippen LogP contribution in [0.1, 0.15) is 33.1 Å². The molecule has 1 heterocycles. The Labute approximate surface area is 119 Å². The number of nitrogen functional groups attached to an aromatic ring is 1. The van der Waals surface area contributed by atoms with E-state index < -0.39 is 0 Å². The van der Waals surface area contributed by atoms with E-state index >= 15 is 0 Å². The fourth-order valence-electron chi connectivity index (χ4n) is 1.59. The SMILES string of the molecule is CSCCCCCNc1ncnc(OC(C)C)c1N. The maximum Gasteiger partial charge on any atom is 0.242 e. The Morgan fingerprint density at radius 1 is 1.32 bits per heavy atom. The maximum atomic E-state index is 5.98. The van der Waals surface area contributed by atoms with Gasteiger partial charge in [0.15, 0.2) is 5.82 Å². The molecule has 1 aromatic heterocycles. The van der Waals surface area contributed by atoms with Crippen LogP contribution in [0.4, 0.5) is 11.5 Å². The molecule has 0 aromatic carbocycles. The van der Waals surface area contributed by atoms with Crippen LogP contribution >= 0.6 is 11.8 Å². The Morgan fingerprint density at radius 2 is 2.11 bits per heavy atom. The first-order chi connectivity index (χ1) is 9.15. The second-order valence-electron chi connectivity index (χ2n) is 4.59. The van der Waals surface area contributed by atoms with Crippen molar-refractivity contribution in [3.8, 4) is 5.88 Å². The molecule has 3 N–H and O–H groups in total. The molecule has 5 nitrogen and oxygen atoms in total. The normalized spacial score (nSPS) is 10.7. The van der Waals surface area contributed by atoms with Crippen LogP contribution in [0, 0.1) is 0 Å². The second kappa shape index (κ2) is 8.85. The molecule has 0 saturated carbocycles. The minimum atomic E-state index is 0.0524. The minimum absolute atomic E-state index is 0.0524. The lowest BCUT2D eigenvalue weighted by Crippen LogP contribution is -2.12. The number of nitrogens with one attached hydrogen (secondary N) is 1. The number of aromatic nitrogens is 2. The number of anilines is 2. The molecule has 0 fully saturated rings. The lowest BCUT2D eigenvalue weighted by Gasteiger charge is -2.13. The van der Waals surface area contributed by atoms with E-state index in [1.165, 1.54) is 24.9 Å². The molecule has 0 saturated heterocycles. The molecule has 108 valence electrons. The number of hydrogen-bond acceptors (Lipinski definition) is 6. The van der Waals surface area contributed by atoms with E-state index in [2.05, 4.69) is 21.5 Å². The quantitative estimate of drug-likeness (QED) is 0.679. The van der Waals surface area contributed by atoms with Crippen LogP contribution in [0.25, 0.3) is 0 Å². The molecule has 0 radical (unpaired) electrons. The van der Waals surface area contributed by atoms with Gasteiger partial charge in [0.25, 0.3) is 0 Å². The predicted molar refractivity (Wildman–Crippen MR) is 82.9 cm³/mol. The molecule has 0 aliphatic carbocycles. The summed E-state index contributed by atoms with van der Waals surface area (Å²) in [7, 11) is 0. The molecule has 0 aliphatic heterocycles. The highest BCUT2D eigenvalue weighted by Gasteiger charge is 2.09. The van der Waals surface area contributed by atoms with Crippen molar-refractivity contribution < 1.29 is 4.74 Å². The molecule has 19 heavy (non-hydrogen) atoms. The maximum absolute atomic E-state index is 5.98. The van der Waals surface area contributed by atoms with Gasteiger partial charge in [-0.25, -0.2) is 4.98 Å². The Bertz CT molecular complexity index is 374. The van der Waals surface area contributed by atoms with Crippen LogP contribution in [0.2, 0.25) is 0 Å². The second-order valence-corrected chi connectivity index (χ2v) is 5.57. The number of nitrogens with two attached hydrogens (primary N) is 1. The standard InChI is InChI=1S/C13H24N4OS/c1-10(2)18-13-11(14)12(16-9-17-13)15-7-5-4-6-8-19-3/h9-10H,4-8,14H2,1-3H3,(H,15,16,17). The zero-order valence-electron chi connectivity index (χ0n) is 12.0. The van der Waals surface area contributed by atoms with Crippen molar-refractivity contribution >= 4 is 23.3 Å². The highest BCUT2D eigenvalue weighted by molar-refractivity contribution is 7.98. The summed E-state index contributed by atoms with van der Waals surface area (Å²) >= 11 is 1.89. The Hall–Kier alpha value is -1.17. The smallest absolute Gasteiger partial charge is 0.242 e.